The summed E-state index contributed by atoms with van der Waals surface area (Å²) in [5.41, 5.74) is 2.77. The zero-order chi connectivity index (χ0) is 24.0. The summed E-state index contributed by atoms with van der Waals surface area (Å²) in [6, 6.07) is 7.86. The Morgan fingerprint density at radius 1 is 1.27 bits per heavy atom. The van der Waals surface area contributed by atoms with Crippen molar-refractivity contribution in [2.75, 3.05) is 13.1 Å². The lowest BCUT2D eigenvalue weighted by atomic mass is 9.95. The van der Waals surface area contributed by atoms with E-state index in [4.69, 9.17) is 12.2 Å². The molecule has 1 saturated carbocycles. The van der Waals surface area contributed by atoms with Crippen molar-refractivity contribution in [3.8, 4) is 0 Å². The Balaban J connectivity index is 1.98. The van der Waals surface area contributed by atoms with Gasteiger partial charge in [0.15, 0.2) is 5.11 Å². The summed E-state index contributed by atoms with van der Waals surface area (Å²) in [6.45, 7) is 10.4. The summed E-state index contributed by atoms with van der Waals surface area (Å²) in [6.07, 6.45) is 7.15. The highest BCUT2D eigenvalue weighted by atomic mass is 32.2. The van der Waals surface area contributed by atoms with Crippen LogP contribution in [0.5, 0.6) is 0 Å². The lowest BCUT2D eigenvalue weighted by molar-refractivity contribution is 0.302. The second-order valence-corrected chi connectivity index (χ2v) is 11.8. The number of thiocarbonyl (C=S) groups is 1. The Labute approximate surface area is 204 Å². The van der Waals surface area contributed by atoms with Gasteiger partial charge in [-0.2, -0.15) is 0 Å². The van der Waals surface area contributed by atoms with Crippen LogP contribution in [-0.2, 0) is 22.1 Å². The number of imidazole rings is 1. The minimum absolute atomic E-state index is 0.0383. The van der Waals surface area contributed by atoms with Crippen LogP contribution in [0.4, 0.5) is 0 Å². The van der Waals surface area contributed by atoms with Crippen molar-refractivity contribution in [1.29, 1.82) is 0 Å². The zero-order valence-corrected chi connectivity index (χ0v) is 22.0. The van der Waals surface area contributed by atoms with E-state index in [1.807, 2.05) is 42.7 Å². The molecule has 0 spiro atoms. The van der Waals surface area contributed by atoms with E-state index in [-0.39, 0.29) is 17.0 Å². The highest BCUT2D eigenvalue weighted by Crippen LogP contribution is 2.33. The van der Waals surface area contributed by atoms with E-state index < -0.39 is 9.84 Å². The van der Waals surface area contributed by atoms with Gasteiger partial charge in [0.2, 0.25) is 15.0 Å². The van der Waals surface area contributed by atoms with Crippen LogP contribution in [0, 0.1) is 12.8 Å². The van der Waals surface area contributed by atoms with Gasteiger partial charge in [-0.05, 0) is 50.4 Å². The standard InChI is InChI=1S/C25H38N4O2S2/c1-5-26-24(32)28(16-19(2)3)17-23-15-27-25(29(23)22-12-7-6-8-13-22)33(30,31)18-21-11-9-10-20(4)14-21/h9-11,14-15,19,22H,5-8,12-13,16-18H2,1-4H3,(H,26,32). The highest BCUT2D eigenvalue weighted by Gasteiger charge is 2.30. The smallest absolute Gasteiger partial charge is 0.228 e. The molecule has 33 heavy (non-hydrogen) atoms. The molecule has 0 saturated heterocycles. The molecule has 0 radical (unpaired) electrons. The molecule has 3 rings (SSSR count). The third-order valence-electron chi connectivity index (χ3n) is 6.05. The van der Waals surface area contributed by atoms with E-state index in [1.165, 1.54) is 6.42 Å². The third-order valence-corrected chi connectivity index (χ3v) is 8.02. The Hall–Kier alpha value is -1.93. The van der Waals surface area contributed by atoms with Gasteiger partial charge in [-0.25, -0.2) is 13.4 Å². The number of benzene rings is 1. The quantitative estimate of drug-likeness (QED) is 0.498. The third kappa shape index (κ3) is 6.79. The average Bonchev–Trinajstić information content (AvgIpc) is 3.18. The van der Waals surface area contributed by atoms with Crippen molar-refractivity contribution in [3.63, 3.8) is 0 Å². The molecule has 0 amide bonds. The van der Waals surface area contributed by atoms with Crippen LogP contribution in [0.15, 0.2) is 35.6 Å². The largest absolute Gasteiger partial charge is 0.363 e. The van der Waals surface area contributed by atoms with E-state index in [0.717, 1.165) is 55.6 Å². The van der Waals surface area contributed by atoms with Crippen LogP contribution in [0.2, 0.25) is 0 Å². The first-order valence-electron chi connectivity index (χ1n) is 12.1. The number of nitrogens with zero attached hydrogens (tertiary/aromatic N) is 3. The summed E-state index contributed by atoms with van der Waals surface area (Å²) in [4.78, 5) is 6.64. The van der Waals surface area contributed by atoms with E-state index in [9.17, 15) is 8.42 Å². The molecule has 2 aromatic rings. The van der Waals surface area contributed by atoms with Crippen LogP contribution in [-0.4, -0.2) is 41.1 Å². The van der Waals surface area contributed by atoms with Crippen LogP contribution in [0.25, 0.3) is 0 Å². The Kier molecular flexibility index (Phi) is 8.93. The summed E-state index contributed by atoms with van der Waals surface area (Å²) in [5, 5.41) is 4.15. The SMILES string of the molecule is CCNC(=S)N(Cc1cnc(S(=O)(=O)Cc2cccc(C)c2)n1C1CCCCC1)CC(C)C. The van der Waals surface area contributed by atoms with Crippen molar-refractivity contribution in [1.82, 2.24) is 19.8 Å². The first-order chi connectivity index (χ1) is 15.7. The number of hydrogen-bond acceptors (Lipinski definition) is 4. The predicted octanol–water partition coefficient (Wildman–Crippen LogP) is 5.02. The molecule has 0 atom stereocenters. The molecular weight excluding hydrogens is 452 g/mol. The van der Waals surface area contributed by atoms with Crippen LogP contribution in [0.1, 0.15) is 75.7 Å². The Morgan fingerprint density at radius 3 is 2.64 bits per heavy atom. The fourth-order valence-electron chi connectivity index (χ4n) is 4.66. The van der Waals surface area contributed by atoms with Gasteiger partial charge in [0.05, 0.1) is 24.2 Å². The average molecular weight is 491 g/mol. The number of rotatable bonds is 9. The molecule has 6 nitrogen and oxygen atoms in total. The summed E-state index contributed by atoms with van der Waals surface area (Å²) >= 11 is 5.64. The zero-order valence-electron chi connectivity index (χ0n) is 20.4. The lowest BCUT2D eigenvalue weighted by Crippen LogP contribution is -2.41. The van der Waals surface area contributed by atoms with Crippen molar-refractivity contribution < 1.29 is 8.42 Å². The Morgan fingerprint density at radius 2 is 2.00 bits per heavy atom. The summed E-state index contributed by atoms with van der Waals surface area (Å²) < 4.78 is 29.1. The van der Waals surface area contributed by atoms with Gasteiger partial charge in [-0.15, -0.1) is 0 Å². The first-order valence-corrected chi connectivity index (χ1v) is 14.1. The topological polar surface area (TPSA) is 67.2 Å². The molecule has 0 unspecified atom stereocenters. The number of aryl methyl sites for hydroxylation is 1. The minimum Gasteiger partial charge on any atom is -0.363 e. The van der Waals surface area contributed by atoms with E-state index >= 15 is 0 Å². The molecule has 1 heterocycles. The van der Waals surface area contributed by atoms with Gasteiger partial charge < -0.3 is 14.8 Å². The predicted molar refractivity (Wildman–Crippen MR) is 138 cm³/mol. The van der Waals surface area contributed by atoms with Gasteiger partial charge in [-0.3, -0.25) is 0 Å². The summed E-state index contributed by atoms with van der Waals surface area (Å²) in [5.74, 6) is 0.390. The van der Waals surface area contributed by atoms with Crippen LogP contribution < -0.4 is 5.32 Å². The molecule has 1 aromatic carbocycles. The molecule has 0 bridgehead atoms. The number of sulfone groups is 1. The molecule has 1 aliphatic rings. The second-order valence-electron chi connectivity index (χ2n) is 9.55. The maximum absolute atomic E-state index is 13.6. The maximum Gasteiger partial charge on any atom is 0.228 e. The van der Waals surface area contributed by atoms with Crippen LogP contribution in [0.3, 0.4) is 0 Å². The van der Waals surface area contributed by atoms with Crippen molar-refractivity contribution in [2.24, 2.45) is 5.92 Å². The van der Waals surface area contributed by atoms with E-state index in [1.54, 1.807) is 6.20 Å². The van der Waals surface area contributed by atoms with E-state index in [0.29, 0.717) is 17.6 Å². The van der Waals surface area contributed by atoms with Crippen molar-refractivity contribution in [2.45, 2.75) is 83.3 Å². The monoisotopic (exact) mass is 490 g/mol. The fraction of sp³-hybridized carbons (Fsp3) is 0.600. The van der Waals surface area contributed by atoms with Gasteiger partial charge in [0, 0.05) is 19.1 Å². The van der Waals surface area contributed by atoms with Crippen LogP contribution >= 0.6 is 12.2 Å². The van der Waals surface area contributed by atoms with Gasteiger partial charge in [0.1, 0.15) is 0 Å². The molecule has 8 heteroatoms. The highest BCUT2D eigenvalue weighted by molar-refractivity contribution is 7.90. The lowest BCUT2D eigenvalue weighted by Gasteiger charge is -2.31. The molecule has 1 N–H and O–H groups in total. The molecule has 1 aromatic heterocycles. The Bertz CT molecular complexity index is 1040. The fourth-order valence-corrected chi connectivity index (χ4v) is 6.47. The molecule has 0 aliphatic heterocycles. The molecule has 182 valence electrons. The first kappa shape index (κ1) is 25.7. The normalized spacial score (nSPS) is 15.1. The van der Waals surface area contributed by atoms with Gasteiger partial charge in [0.25, 0.3) is 0 Å². The van der Waals surface area contributed by atoms with Gasteiger partial charge in [-0.1, -0.05) is 62.9 Å². The molecular formula is C25H38N4O2S2. The minimum atomic E-state index is -3.59. The number of aromatic nitrogens is 2. The molecule has 1 aliphatic carbocycles. The van der Waals surface area contributed by atoms with Crippen molar-refractivity contribution >= 4 is 27.2 Å². The van der Waals surface area contributed by atoms with Crippen molar-refractivity contribution in [3.05, 3.63) is 47.3 Å². The van der Waals surface area contributed by atoms with E-state index in [2.05, 4.69) is 29.0 Å². The summed E-state index contributed by atoms with van der Waals surface area (Å²) in [7, 11) is -3.59. The maximum atomic E-state index is 13.6. The number of hydrogen-bond donors (Lipinski definition) is 1. The van der Waals surface area contributed by atoms with Gasteiger partial charge >= 0.3 is 0 Å². The number of nitrogens with one attached hydrogen (secondary N) is 1. The molecule has 1 fully saturated rings. The second kappa shape index (κ2) is 11.5.